The van der Waals surface area contributed by atoms with Gasteiger partial charge in [0.15, 0.2) is 5.11 Å². The molecule has 0 amide bonds. The van der Waals surface area contributed by atoms with Crippen LogP contribution in [0.25, 0.3) is 11.0 Å². The van der Waals surface area contributed by atoms with Gasteiger partial charge in [-0.1, -0.05) is 6.07 Å². The van der Waals surface area contributed by atoms with Crippen LogP contribution in [0.3, 0.4) is 0 Å². The third-order valence-corrected chi connectivity index (χ3v) is 3.54. The molecule has 1 aromatic carbocycles. The first-order chi connectivity index (χ1) is 11.0. The third kappa shape index (κ3) is 3.54. The summed E-state index contributed by atoms with van der Waals surface area (Å²) in [6.07, 6.45) is 0. The predicted molar refractivity (Wildman–Crippen MR) is 96.0 cm³/mol. The van der Waals surface area contributed by atoms with Crippen LogP contribution in [-0.4, -0.2) is 10.1 Å². The van der Waals surface area contributed by atoms with Crippen molar-refractivity contribution in [3.05, 3.63) is 64.1 Å². The van der Waals surface area contributed by atoms with Gasteiger partial charge in [-0.15, -0.1) is 0 Å². The Bertz CT molecular complexity index is 950. The van der Waals surface area contributed by atoms with Gasteiger partial charge in [0, 0.05) is 28.9 Å². The van der Waals surface area contributed by atoms with Gasteiger partial charge >= 0.3 is 5.63 Å². The number of aromatic nitrogens is 1. The minimum absolute atomic E-state index is 0.364. The Balaban J connectivity index is 1.81. The standard InChI is InChI=1S/C17H15N3O2S/c1-10-8-16(21)22-14-9-12(6-7-13(10)14)19-17(23)20-15-5-3-4-11(2)18-15/h3-9H,1-2H3,(H2,18,19,20,23). The van der Waals surface area contributed by atoms with Crippen LogP contribution < -0.4 is 16.3 Å². The molecule has 0 aliphatic heterocycles. The summed E-state index contributed by atoms with van der Waals surface area (Å²) in [6, 6.07) is 12.7. The lowest BCUT2D eigenvalue weighted by Gasteiger charge is -2.11. The monoisotopic (exact) mass is 325 g/mol. The van der Waals surface area contributed by atoms with Crippen molar-refractivity contribution in [2.45, 2.75) is 13.8 Å². The summed E-state index contributed by atoms with van der Waals surface area (Å²) in [4.78, 5) is 15.8. The van der Waals surface area contributed by atoms with Crippen LogP contribution in [0.4, 0.5) is 11.5 Å². The van der Waals surface area contributed by atoms with Gasteiger partial charge in [-0.3, -0.25) is 0 Å². The average Bonchev–Trinajstić information content (AvgIpc) is 2.46. The number of benzene rings is 1. The van der Waals surface area contributed by atoms with Crippen LogP contribution in [0, 0.1) is 13.8 Å². The molecule has 0 unspecified atom stereocenters. The Morgan fingerprint density at radius 2 is 1.96 bits per heavy atom. The second-order valence-electron chi connectivity index (χ2n) is 5.20. The number of rotatable bonds is 2. The van der Waals surface area contributed by atoms with Crippen LogP contribution in [0.5, 0.6) is 0 Å². The molecule has 5 nitrogen and oxygen atoms in total. The maximum absolute atomic E-state index is 11.5. The van der Waals surface area contributed by atoms with Crippen molar-refractivity contribution < 1.29 is 4.42 Å². The van der Waals surface area contributed by atoms with Crippen molar-refractivity contribution in [2.75, 3.05) is 10.6 Å². The largest absolute Gasteiger partial charge is 0.423 e. The number of nitrogens with zero attached hydrogens (tertiary/aromatic N) is 1. The van der Waals surface area contributed by atoms with Crippen molar-refractivity contribution in [3.63, 3.8) is 0 Å². The minimum atomic E-state index is -0.364. The van der Waals surface area contributed by atoms with Gasteiger partial charge in [-0.25, -0.2) is 9.78 Å². The van der Waals surface area contributed by atoms with Gasteiger partial charge in [-0.2, -0.15) is 0 Å². The van der Waals surface area contributed by atoms with Gasteiger partial charge in [0.2, 0.25) is 0 Å². The van der Waals surface area contributed by atoms with E-state index in [1.165, 1.54) is 6.07 Å². The Hall–Kier alpha value is -2.73. The van der Waals surface area contributed by atoms with Gasteiger partial charge in [0.1, 0.15) is 11.4 Å². The average molecular weight is 325 g/mol. The van der Waals surface area contributed by atoms with E-state index in [0.717, 1.165) is 22.3 Å². The molecule has 0 atom stereocenters. The second kappa shape index (κ2) is 6.18. The van der Waals surface area contributed by atoms with Crippen molar-refractivity contribution in [2.24, 2.45) is 0 Å². The highest BCUT2D eigenvalue weighted by Crippen LogP contribution is 2.20. The molecule has 0 radical (unpaired) electrons. The first kappa shape index (κ1) is 15.2. The highest BCUT2D eigenvalue weighted by atomic mass is 32.1. The molecule has 2 N–H and O–H groups in total. The summed E-state index contributed by atoms with van der Waals surface area (Å²) in [5.41, 5.74) is 2.68. The molecule has 3 aromatic rings. The molecule has 2 aromatic heterocycles. The fourth-order valence-electron chi connectivity index (χ4n) is 2.29. The van der Waals surface area contributed by atoms with E-state index in [0.29, 0.717) is 16.5 Å². The molecule has 116 valence electrons. The zero-order valence-electron chi connectivity index (χ0n) is 12.7. The summed E-state index contributed by atoms with van der Waals surface area (Å²) >= 11 is 5.28. The lowest BCUT2D eigenvalue weighted by atomic mass is 10.1. The molecule has 0 saturated heterocycles. The van der Waals surface area contributed by atoms with Gasteiger partial charge in [0.05, 0.1) is 0 Å². The number of thiocarbonyl (C=S) groups is 1. The summed E-state index contributed by atoms with van der Waals surface area (Å²) in [5.74, 6) is 0.672. The topological polar surface area (TPSA) is 67.2 Å². The highest BCUT2D eigenvalue weighted by molar-refractivity contribution is 7.80. The maximum Gasteiger partial charge on any atom is 0.336 e. The highest BCUT2D eigenvalue weighted by Gasteiger charge is 2.05. The van der Waals surface area contributed by atoms with E-state index in [9.17, 15) is 4.79 Å². The normalized spacial score (nSPS) is 10.5. The summed E-state index contributed by atoms with van der Waals surface area (Å²) < 4.78 is 5.23. The van der Waals surface area contributed by atoms with Crippen LogP contribution in [0.1, 0.15) is 11.3 Å². The van der Waals surface area contributed by atoms with Gasteiger partial charge < -0.3 is 15.1 Å². The predicted octanol–water partition coefficient (Wildman–Crippen LogP) is 3.61. The summed E-state index contributed by atoms with van der Waals surface area (Å²) in [6.45, 7) is 3.79. The molecule has 0 fully saturated rings. The van der Waals surface area contributed by atoms with Crippen LogP contribution >= 0.6 is 12.2 Å². The van der Waals surface area contributed by atoms with E-state index >= 15 is 0 Å². The number of hydrogen-bond donors (Lipinski definition) is 2. The van der Waals surface area contributed by atoms with E-state index in [-0.39, 0.29) is 5.63 Å². The van der Waals surface area contributed by atoms with E-state index in [1.54, 1.807) is 6.07 Å². The summed E-state index contributed by atoms with van der Waals surface area (Å²) in [7, 11) is 0. The number of nitrogens with one attached hydrogen (secondary N) is 2. The van der Waals surface area contributed by atoms with Gasteiger partial charge in [-0.05, 0) is 55.9 Å². The van der Waals surface area contributed by atoms with E-state index in [4.69, 9.17) is 16.6 Å². The Labute approximate surface area is 138 Å². The lowest BCUT2D eigenvalue weighted by Crippen LogP contribution is -2.19. The maximum atomic E-state index is 11.5. The van der Waals surface area contributed by atoms with Crippen LogP contribution in [-0.2, 0) is 0 Å². The fourth-order valence-corrected chi connectivity index (χ4v) is 2.52. The molecule has 0 bridgehead atoms. The molecule has 0 spiro atoms. The molecular weight excluding hydrogens is 310 g/mol. The van der Waals surface area contributed by atoms with E-state index in [2.05, 4.69) is 15.6 Å². The molecule has 0 saturated carbocycles. The van der Waals surface area contributed by atoms with Crippen LogP contribution in [0.2, 0.25) is 0 Å². The quantitative estimate of drug-likeness (QED) is 0.554. The molecule has 0 aliphatic carbocycles. The van der Waals surface area contributed by atoms with Crippen LogP contribution in [0.15, 0.2) is 51.7 Å². The number of fused-ring (bicyclic) bond motifs is 1. The number of anilines is 2. The number of pyridine rings is 1. The Kier molecular flexibility index (Phi) is 4.08. The Morgan fingerprint density at radius 3 is 2.74 bits per heavy atom. The first-order valence-corrected chi connectivity index (χ1v) is 7.48. The lowest BCUT2D eigenvalue weighted by molar-refractivity contribution is 0.560. The van der Waals surface area contributed by atoms with E-state index < -0.39 is 0 Å². The second-order valence-corrected chi connectivity index (χ2v) is 5.61. The van der Waals surface area contributed by atoms with Crippen molar-refractivity contribution in [1.29, 1.82) is 0 Å². The smallest absolute Gasteiger partial charge is 0.336 e. The molecule has 2 heterocycles. The van der Waals surface area contributed by atoms with Crippen molar-refractivity contribution in [3.8, 4) is 0 Å². The molecule has 6 heteroatoms. The zero-order chi connectivity index (χ0) is 16.4. The Morgan fingerprint density at radius 1 is 1.13 bits per heavy atom. The first-order valence-electron chi connectivity index (χ1n) is 7.07. The van der Waals surface area contributed by atoms with Crippen molar-refractivity contribution in [1.82, 2.24) is 4.98 Å². The summed E-state index contributed by atoms with van der Waals surface area (Å²) in [5, 5.41) is 7.39. The number of hydrogen-bond acceptors (Lipinski definition) is 4. The fraction of sp³-hybridized carbons (Fsp3) is 0.118. The molecule has 23 heavy (non-hydrogen) atoms. The minimum Gasteiger partial charge on any atom is -0.423 e. The number of aryl methyl sites for hydroxylation is 2. The van der Waals surface area contributed by atoms with Gasteiger partial charge in [0.25, 0.3) is 0 Å². The SMILES string of the molecule is Cc1cccc(NC(=S)Nc2ccc3c(C)cc(=O)oc3c2)n1. The van der Waals surface area contributed by atoms with Crippen molar-refractivity contribution >= 4 is 39.8 Å². The molecule has 3 rings (SSSR count). The molecule has 0 aliphatic rings. The van der Waals surface area contributed by atoms with E-state index in [1.807, 2.05) is 44.2 Å². The molecular formula is C17H15N3O2S. The zero-order valence-corrected chi connectivity index (χ0v) is 13.5. The third-order valence-electron chi connectivity index (χ3n) is 3.34.